The summed E-state index contributed by atoms with van der Waals surface area (Å²) in [5.41, 5.74) is 6.00. The average Bonchev–Trinajstić information content (AvgIpc) is 2.15. The Balaban J connectivity index is 2.04. The van der Waals surface area contributed by atoms with Gasteiger partial charge < -0.3 is 10.5 Å². The SMILES string of the molecule is CCN1C2COCC1CC(C(C)N)C2. The fourth-order valence-corrected chi connectivity index (χ4v) is 2.98. The zero-order valence-corrected chi connectivity index (χ0v) is 9.28. The van der Waals surface area contributed by atoms with Crippen molar-refractivity contribution in [1.82, 2.24) is 4.90 Å². The van der Waals surface area contributed by atoms with E-state index >= 15 is 0 Å². The molecule has 0 radical (unpaired) electrons. The maximum absolute atomic E-state index is 6.00. The van der Waals surface area contributed by atoms with Gasteiger partial charge in [-0.3, -0.25) is 4.90 Å². The molecule has 82 valence electrons. The summed E-state index contributed by atoms with van der Waals surface area (Å²) in [7, 11) is 0. The molecule has 0 aromatic rings. The quantitative estimate of drug-likeness (QED) is 0.714. The van der Waals surface area contributed by atoms with Crippen molar-refractivity contribution < 1.29 is 4.74 Å². The Hall–Kier alpha value is -0.120. The number of likely N-dealkylation sites (N-methyl/N-ethyl adjacent to an activating group) is 1. The molecule has 0 aliphatic carbocycles. The van der Waals surface area contributed by atoms with Crippen LogP contribution in [0.2, 0.25) is 0 Å². The molecule has 2 aliphatic rings. The molecule has 0 saturated carbocycles. The first-order valence-electron chi connectivity index (χ1n) is 5.81. The monoisotopic (exact) mass is 198 g/mol. The molecule has 3 nitrogen and oxygen atoms in total. The van der Waals surface area contributed by atoms with E-state index < -0.39 is 0 Å². The maximum atomic E-state index is 6.00. The van der Waals surface area contributed by atoms with E-state index in [-0.39, 0.29) is 0 Å². The highest BCUT2D eigenvalue weighted by atomic mass is 16.5. The van der Waals surface area contributed by atoms with Crippen molar-refractivity contribution in [2.45, 2.75) is 44.8 Å². The first kappa shape index (κ1) is 10.4. The Morgan fingerprint density at radius 3 is 2.36 bits per heavy atom. The van der Waals surface area contributed by atoms with Crippen molar-refractivity contribution in [3.8, 4) is 0 Å². The summed E-state index contributed by atoms with van der Waals surface area (Å²) in [6, 6.07) is 1.60. The third-order valence-electron chi connectivity index (χ3n) is 3.82. The lowest BCUT2D eigenvalue weighted by Crippen LogP contribution is -2.58. The lowest BCUT2D eigenvalue weighted by molar-refractivity contribution is -0.0871. The van der Waals surface area contributed by atoms with Gasteiger partial charge >= 0.3 is 0 Å². The highest BCUT2D eigenvalue weighted by molar-refractivity contribution is 4.93. The minimum Gasteiger partial charge on any atom is -0.378 e. The number of hydrogen-bond donors (Lipinski definition) is 1. The fourth-order valence-electron chi connectivity index (χ4n) is 2.98. The third-order valence-corrected chi connectivity index (χ3v) is 3.82. The number of fused-ring (bicyclic) bond motifs is 2. The van der Waals surface area contributed by atoms with Crippen LogP contribution in [-0.4, -0.2) is 42.8 Å². The van der Waals surface area contributed by atoms with E-state index in [0.29, 0.717) is 24.0 Å². The second-order valence-electron chi connectivity index (χ2n) is 4.77. The molecule has 2 saturated heterocycles. The first-order chi connectivity index (χ1) is 6.72. The van der Waals surface area contributed by atoms with Gasteiger partial charge in [-0.25, -0.2) is 0 Å². The smallest absolute Gasteiger partial charge is 0.0622 e. The predicted molar refractivity (Wildman–Crippen MR) is 57.1 cm³/mol. The van der Waals surface area contributed by atoms with Crippen molar-refractivity contribution in [2.24, 2.45) is 11.7 Å². The molecule has 0 aromatic carbocycles. The van der Waals surface area contributed by atoms with Crippen LogP contribution in [0.4, 0.5) is 0 Å². The van der Waals surface area contributed by atoms with E-state index in [2.05, 4.69) is 18.7 Å². The summed E-state index contributed by atoms with van der Waals surface area (Å²) >= 11 is 0. The molecule has 2 rings (SSSR count). The van der Waals surface area contributed by atoms with E-state index in [1.807, 2.05) is 0 Å². The number of ether oxygens (including phenoxy) is 1. The molecule has 2 fully saturated rings. The first-order valence-corrected chi connectivity index (χ1v) is 5.81. The Morgan fingerprint density at radius 2 is 1.93 bits per heavy atom. The van der Waals surface area contributed by atoms with Gasteiger partial charge in [-0.2, -0.15) is 0 Å². The average molecular weight is 198 g/mol. The summed E-state index contributed by atoms with van der Waals surface area (Å²) in [6.45, 7) is 7.37. The van der Waals surface area contributed by atoms with E-state index in [4.69, 9.17) is 10.5 Å². The molecular formula is C11H22N2O. The number of morpholine rings is 1. The summed E-state index contributed by atoms with van der Waals surface area (Å²) in [5.74, 6) is 0.705. The van der Waals surface area contributed by atoms with Crippen LogP contribution in [0.25, 0.3) is 0 Å². The topological polar surface area (TPSA) is 38.5 Å². The van der Waals surface area contributed by atoms with Crippen molar-refractivity contribution in [2.75, 3.05) is 19.8 Å². The van der Waals surface area contributed by atoms with Crippen LogP contribution in [0.15, 0.2) is 0 Å². The molecule has 3 unspecified atom stereocenters. The van der Waals surface area contributed by atoms with Crippen molar-refractivity contribution in [3.63, 3.8) is 0 Å². The van der Waals surface area contributed by atoms with Gasteiger partial charge in [-0.15, -0.1) is 0 Å². The Labute approximate surface area is 86.6 Å². The van der Waals surface area contributed by atoms with Gasteiger partial charge in [0.2, 0.25) is 0 Å². The van der Waals surface area contributed by atoms with Gasteiger partial charge in [0.15, 0.2) is 0 Å². The highest BCUT2D eigenvalue weighted by Gasteiger charge is 2.38. The van der Waals surface area contributed by atoms with Crippen LogP contribution in [-0.2, 0) is 4.74 Å². The molecule has 0 spiro atoms. The molecule has 14 heavy (non-hydrogen) atoms. The zero-order chi connectivity index (χ0) is 10.1. The largest absolute Gasteiger partial charge is 0.378 e. The molecule has 3 atom stereocenters. The minimum atomic E-state index is 0.345. The minimum absolute atomic E-state index is 0.345. The zero-order valence-electron chi connectivity index (χ0n) is 9.28. The Morgan fingerprint density at radius 1 is 1.36 bits per heavy atom. The number of nitrogens with two attached hydrogens (primary N) is 1. The number of hydrogen-bond acceptors (Lipinski definition) is 3. The van der Waals surface area contributed by atoms with Gasteiger partial charge in [0.25, 0.3) is 0 Å². The number of nitrogens with zero attached hydrogens (tertiary/aromatic N) is 1. The van der Waals surface area contributed by atoms with Crippen LogP contribution in [0.3, 0.4) is 0 Å². The van der Waals surface area contributed by atoms with Crippen LogP contribution in [0, 0.1) is 5.92 Å². The van der Waals surface area contributed by atoms with Crippen LogP contribution in [0.1, 0.15) is 26.7 Å². The van der Waals surface area contributed by atoms with Gasteiger partial charge in [-0.05, 0) is 32.2 Å². The van der Waals surface area contributed by atoms with Gasteiger partial charge in [-0.1, -0.05) is 6.92 Å². The van der Waals surface area contributed by atoms with Crippen LogP contribution < -0.4 is 5.73 Å². The summed E-state index contributed by atoms with van der Waals surface area (Å²) < 4.78 is 5.61. The molecule has 2 N–H and O–H groups in total. The molecule has 2 heterocycles. The molecule has 3 heteroatoms. The lowest BCUT2D eigenvalue weighted by Gasteiger charge is -2.49. The van der Waals surface area contributed by atoms with E-state index in [0.717, 1.165) is 19.8 Å². The summed E-state index contributed by atoms with van der Waals surface area (Å²) in [4.78, 5) is 2.60. The van der Waals surface area contributed by atoms with Crippen LogP contribution >= 0.6 is 0 Å². The molecular weight excluding hydrogens is 176 g/mol. The molecule has 2 aliphatic heterocycles. The van der Waals surface area contributed by atoms with Gasteiger partial charge in [0, 0.05) is 18.1 Å². The van der Waals surface area contributed by atoms with Crippen molar-refractivity contribution in [1.29, 1.82) is 0 Å². The number of piperidine rings is 1. The molecule has 0 aromatic heterocycles. The second kappa shape index (κ2) is 4.17. The summed E-state index contributed by atoms with van der Waals surface area (Å²) in [6.07, 6.45) is 2.45. The van der Waals surface area contributed by atoms with Crippen LogP contribution in [0.5, 0.6) is 0 Å². The lowest BCUT2D eigenvalue weighted by atomic mass is 9.81. The van der Waals surface area contributed by atoms with Gasteiger partial charge in [0.1, 0.15) is 0 Å². The Bertz CT molecular complexity index is 182. The van der Waals surface area contributed by atoms with E-state index in [1.165, 1.54) is 12.8 Å². The normalized spacial score (nSPS) is 40.9. The van der Waals surface area contributed by atoms with Crippen molar-refractivity contribution in [3.05, 3.63) is 0 Å². The standard InChI is InChI=1S/C11H22N2O/c1-3-13-10-4-9(8(2)12)5-11(13)7-14-6-10/h8-11H,3-7,12H2,1-2H3. The summed E-state index contributed by atoms with van der Waals surface area (Å²) in [5, 5.41) is 0. The predicted octanol–water partition coefficient (Wildman–Crippen LogP) is 0.833. The third kappa shape index (κ3) is 1.81. The van der Waals surface area contributed by atoms with E-state index in [9.17, 15) is 0 Å². The van der Waals surface area contributed by atoms with Crippen molar-refractivity contribution >= 4 is 0 Å². The Kier molecular flexibility index (Phi) is 3.10. The van der Waals surface area contributed by atoms with E-state index in [1.54, 1.807) is 0 Å². The molecule has 2 bridgehead atoms. The maximum Gasteiger partial charge on any atom is 0.0622 e. The second-order valence-corrected chi connectivity index (χ2v) is 4.77. The van der Waals surface area contributed by atoms with Gasteiger partial charge in [0.05, 0.1) is 13.2 Å². The molecule has 0 amide bonds. The fraction of sp³-hybridized carbons (Fsp3) is 1.00. The highest BCUT2D eigenvalue weighted by Crippen LogP contribution is 2.32. The number of rotatable bonds is 2.